The number of ether oxygens (including phenoxy) is 1. The molecule has 0 aliphatic rings. The summed E-state index contributed by atoms with van der Waals surface area (Å²) in [7, 11) is 1.35. The number of Topliss-reactive ketones (excluding diaryl/α,β-unsaturated/α-hetero) is 1. The molecule has 2 rings (SSSR count). The van der Waals surface area contributed by atoms with Crippen LogP contribution in [0, 0.1) is 6.92 Å². The van der Waals surface area contributed by atoms with E-state index in [1.165, 1.54) is 18.4 Å². The van der Waals surface area contributed by atoms with Crippen molar-refractivity contribution in [2.45, 2.75) is 26.2 Å². The van der Waals surface area contributed by atoms with Crippen LogP contribution in [0.1, 0.15) is 34.5 Å². The summed E-state index contributed by atoms with van der Waals surface area (Å²) in [5.41, 5.74) is 0.968. The lowest BCUT2D eigenvalue weighted by molar-refractivity contribution is -0.140. The molecule has 0 fully saturated rings. The maximum Gasteiger partial charge on any atom is 0.305 e. The van der Waals surface area contributed by atoms with Gasteiger partial charge in [-0.1, -0.05) is 11.6 Å². The predicted molar refractivity (Wildman–Crippen MR) is 81.8 cm³/mol. The van der Waals surface area contributed by atoms with Crippen molar-refractivity contribution in [1.29, 1.82) is 0 Å². The smallest absolute Gasteiger partial charge is 0.305 e. The van der Waals surface area contributed by atoms with E-state index in [4.69, 9.17) is 11.6 Å². The van der Waals surface area contributed by atoms with Gasteiger partial charge in [-0.2, -0.15) is 0 Å². The Balaban J connectivity index is 2.14. The Kier molecular flexibility index (Phi) is 4.78. The summed E-state index contributed by atoms with van der Waals surface area (Å²) in [6.45, 7) is 1.93. The van der Waals surface area contributed by atoms with Crippen LogP contribution in [0.15, 0.2) is 18.2 Å². The van der Waals surface area contributed by atoms with Crippen LogP contribution in [-0.2, 0) is 9.53 Å². The van der Waals surface area contributed by atoms with Gasteiger partial charge in [-0.25, -0.2) is 0 Å². The van der Waals surface area contributed by atoms with Crippen molar-refractivity contribution in [2.24, 2.45) is 0 Å². The highest BCUT2D eigenvalue weighted by Gasteiger charge is 2.16. The Labute approximate surface area is 126 Å². The first-order chi connectivity index (χ1) is 9.52. The van der Waals surface area contributed by atoms with Gasteiger partial charge < -0.3 is 4.74 Å². The van der Waals surface area contributed by atoms with Crippen molar-refractivity contribution < 1.29 is 14.3 Å². The molecule has 0 aliphatic carbocycles. The van der Waals surface area contributed by atoms with Crippen LogP contribution in [0.2, 0.25) is 5.02 Å². The zero-order chi connectivity index (χ0) is 14.7. The average Bonchev–Trinajstić information content (AvgIpc) is 2.75. The maximum absolute atomic E-state index is 12.2. The molecule has 0 unspecified atom stereocenters. The molecule has 0 amide bonds. The lowest BCUT2D eigenvalue weighted by atomic mass is 10.1. The zero-order valence-corrected chi connectivity index (χ0v) is 12.9. The van der Waals surface area contributed by atoms with Gasteiger partial charge in [0.05, 0.1) is 12.0 Å². The molecule has 1 aromatic carbocycles. The Morgan fingerprint density at radius 3 is 2.75 bits per heavy atom. The Morgan fingerprint density at radius 2 is 2.05 bits per heavy atom. The lowest BCUT2D eigenvalue weighted by Gasteiger charge is -2.00. The molecule has 106 valence electrons. The molecule has 0 aliphatic heterocycles. The van der Waals surface area contributed by atoms with E-state index >= 15 is 0 Å². The fourth-order valence-electron chi connectivity index (χ4n) is 2.07. The molecular weight excluding hydrogens is 296 g/mol. The molecule has 0 N–H and O–H groups in total. The Bertz CT molecular complexity index is 660. The van der Waals surface area contributed by atoms with Crippen LogP contribution in [-0.4, -0.2) is 18.9 Å². The number of thiophene rings is 1. The summed E-state index contributed by atoms with van der Waals surface area (Å²) >= 11 is 7.46. The number of rotatable bonds is 5. The van der Waals surface area contributed by atoms with Crippen molar-refractivity contribution >= 4 is 44.8 Å². The predicted octanol–water partition coefficient (Wildman–Crippen LogP) is 4.39. The van der Waals surface area contributed by atoms with Crippen molar-refractivity contribution in [3.63, 3.8) is 0 Å². The summed E-state index contributed by atoms with van der Waals surface area (Å²) in [6.07, 6.45) is 1.15. The number of hydrogen-bond acceptors (Lipinski definition) is 4. The van der Waals surface area contributed by atoms with Gasteiger partial charge in [-0.05, 0) is 42.5 Å². The number of aryl methyl sites for hydroxylation is 1. The van der Waals surface area contributed by atoms with E-state index in [9.17, 15) is 9.59 Å². The first kappa shape index (κ1) is 15.0. The molecule has 0 atom stereocenters. The van der Waals surface area contributed by atoms with Crippen LogP contribution < -0.4 is 0 Å². The van der Waals surface area contributed by atoms with Crippen LogP contribution in [0.5, 0.6) is 0 Å². The van der Waals surface area contributed by atoms with E-state index in [-0.39, 0.29) is 18.2 Å². The third-order valence-corrected chi connectivity index (χ3v) is 4.71. The highest BCUT2D eigenvalue weighted by atomic mass is 35.5. The second-order valence-corrected chi connectivity index (χ2v) is 6.04. The number of carbonyl (C=O) groups excluding carboxylic acids is 2. The highest BCUT2D eigenvalue weighted by molar-refractivity contribution is 7.21. The second-order valence-electron chi connectivity index (χ2n) is 4.55. The van der Waals surface area contributed by atoms with E-state index in [0.29, 0.717) is 17.9 Å². The van der Waals surface area contributed by atoms with Crippen molar-refractivity contribution in [2.75, 3.05) is 7.11 Å². The third kappa shape index (κ3) is 3.19. The van der Waals surface area contributed by atoms with E-state index < -0.39 is 0 Å². The molecule has 0 bridgehead atoms. The molecule has 0 radical (unpaired) electrons. The fourth-order valence-corrected chi connectivity index (χ4v) is 3.40. The van der Waals surface area contributed by atoms with Gasteiger partial charge in [0.25, 0.3) is 0 Å². The number of benzene rings is 1. The molecule has 0 saturated heterocycles. The van der Waals surface area contributed by atoms with Crippen molar-refractivity contribution in [3.05, 3.63) is 33.7 Å². The number of ketones is 1. The minimum atomic E-state index is -0.280. The van der Waals surface area contributed by atoms with Gasteiger partial charge in [0, 0.05) is 22.6 Å². The van der Waals surface area contributed by atoms with Gasteiger partial charge >= 0.3 is 5.97 Å². The number of halogens is 1. The van der Waals surface area contributed by atoms with E-state index in [0.717, 1.165) is 20.5 Å². The summed E-state index contributed by atoms with van der Waals surface area (Å²) in [5, 5.41) is 1.70. The van der Waals surface area contributed by atoms with Gasteiger partial charge in [0.1, 0.15) is 0 Å². The number of esters is 1. The van der Waals surface area contributed by atoms with Crippen LogP contribution >= 0.6 is 22.9 Å². The van der Waals surface area contributed by atoms with Gasteiger partial charge in [-0.3, -0.25) is 9.59 Å². The number of fused-ring (bicyclic) bond motifs is 1. The number of hydrogen-bond donors (Lipinski definition) is 0. The SMILES string of the molecule is COC(=O)CCCC(=O)c1sc2ccc(Cl)cc2c1C. The van der Waals surface area contributed by atoms with Crippen LogP contribution in [0.25, 0.3) is 10.1 Å². The topological polar surface area (TPSA) is 43.4 Å². The maximum atomic E-state index is 12.2. The minimum absolute atomic E-state index is 0.0729. The third-order valence-electron chi connectivity index (χ3n) is 3.16. The number of methoxy groups -OCH3 is 1. The Hall–Kier alpha value is -1.39. The van der Waals surface area contributed by atoms with Gasteiger partial charge in [0.2, 0.25) is 0 Å². The normalized spacial score (nSPS) is 10.8. The number of carbonyl (C=O) groups is 2. The molecule has 2 aromatic rings. The van der Waals surface area contributed by atoms with E-state index in [1.54, 1.807) is 0 Å². The summed E-state index contributed by atoms with van der Waals surface area (Å²) < 4.78 is 5.62. The lowest BCUT2D eigenvalue weighted by Crippen LogP contribution is -2.03. The molecule has 3 nitrogen and oxygen atoms in total. The summed E-state index contributed by atoms with van der Waals surface area (Å²) in [6, 6.07) is 5.64. The quantitative estimate of drug-likeness (QED) is 0.607. The first-order valence-corrected chi connectivity index (χ1v) is 7.51. The Morgan fingerprint density at radius 1 is 1.30 bits per heavy atom. The van der Waals surface area contributed by atoms with Crippen molar-refractivity contribution in [1.82, 2.24) is 0 Å². The highest BCUT2D eigenvalue weighted by Crippen LogP contribution is 2.33. The standard InChI is InChI=1S/C15H15ClO3S/c1-9-11-8-10(16)6-7-13(11)20-15(9)12(17)4-3-5-14(18)19-2/h6-8H,3-5H2,1-2H3. The van der Waals surface area contributed by atoms with E-state index in [2.05, 4.69) is 4.74 Å². The molecule has 20 heavy (non-hydrogen) atoms. The molecule has 0 saturated carbocycles. The molecule has 1 heterocycles. The summed E-state index contributed by atoms with van der Waals surface area (Å²) in [4.78, 5) is 24.0. The van der Waals surface area contributed by atoms with E-state index in [1.807, 2.05) is 25.1 Å². The fraction of sp³-hybridized carbons (Fsp3) is 0.333. The molecular formula is C15H15ClO3S. The van der Waals surface area contributed by atoms with Gasteiger partial charge in [-0.15, -0.1) is 11.3 Å². The molecule has 1 aromatic heterocycles. The minimum Gasteiger partial charge on any atom is -0.469 e. The summed E-state index contributed by atoms with van der Waals surface area (Å²) in [5.74, 6) is -0.207. The van der Waals surface area contributed by atoms with Crippen molar-refractivity contribution in [3.8, 4) is 0 Å². The first-order valence-electron chi connectivity index (χ1n) is 6.31. The largest absolute Gasteiger partial charge is 0.469 e. The van der Waals surface area contributed by atoms with Crippen LogP contribution in [0.3, 0.4) is 0 Å². The monoisotopic (exact) mass is 310 g/mol. The second kappa shape index (κ2) is 6.37. The average molecular weight is 311 g/mol. The molecule has 5 heteroatoms. The van der Waals surface area contributed by atoms with Crippen LogP contribution in [0.4, 0.5) is 0 Å². The van der Waals surface area contributed by atoms with Gasteiger partial charge in [0.15, 0.2) is 5.78 Å². The zero-order valence-electron chi connectivity index (χ0n) is 11.4. The molecule has 0 spiro atoms.